The van der Waals surface area contributed by atoms with Crippen LogP contribution in [-0.4, -0.2) is 53.5 Å². The first kappa shape index (κ1) is 18.7. The van der Waals surface area contributed by atoms with Gasteiger partial charge >= 0.3 is 12.1 Å². The number of aliphatic carboxylic acids is 1. The van der Waals surface area contributed by atoms with Gasteiger partial charge in [0, 0.05) is 19.8 Å². The van der Waals surface area contributed by atoms with Gasteiger partial charge in [0.1, 0.15) is 11.6 Å². The largest absolute Gasteiger partial charge is 0.480 e. The van der Waals surface area contributed by atoms with Crippen molar-refractivity contribution in [2.45, 2.75) is 65.0 Å². The summed E-state index contributed by atoms with van der Waals surface area (Å²) in [6, 6.07) is -0.830. The fraction of sp³-hybridized carbons (Fsp3) is 0.875. The van der Waals surface area contributed by atoms with Gasteiger partial charge in [0.25, 0.3) is 0 Å². The number of hydrogen-bond donors (Lipinski definition) is 1. The maximum atomic E-state index is 12.1. The molecule has 6 heteroatoms. The van der Waals surface area contributed by atoms with Crippen LogP contribution in [0.4, 0.5) is 4.79 Å². The summed E-state index contributed by atoms with van der Waals surface area (Å²) in [6.45, 7) is 9.09. The van der Waals surface area contributed by atoms with Crippen LogP contribution in [0.5, 0.6) is 0 Å². The fourth-order valence-corrected chi connectivity index (χ4v) is 2.46. The van der Waals surface area contributed by atoms with Crippen molar-refractivity contribution in [3.05, 3.63) is 0 Å². The van der Waals surface area contributed by atoms with Crippen molar-refractivity contribution in [2.24, 2.45) is 5.92 Å². The Kier molecular flexibility index (Phi) is 7.13. The average molecular weight is 315 g/mol. The number of carbonyl (C=O) groups excluding carboxylic acids is 1. The molecule has 1 amide bonds. The van der Waals surface area contributed by atoms with E-state index in [-0.39, 0.29) is 5.92 Å². The summed E-state index contributed by atoms with van der Waals surface area (Å²) in [5.41, 5.74) is -0.625. The molecule has 0 bridgehead atoms. The first-order valence-electron chi connectivity index (χ1n) is 8.04. The highest BCUT2D eigenvalue weighted by Crippen LogP contribution is 2.25. The highest BCUT2D eigenvalue weighted by atomic mass is 16.6. The Morgan fingerprint density at radius 3 is 2.55 bits per heavy atom. The molecule has 0 radical (unpaired) electrons. The molecule has 1 aliphatic heterocycles. The maximum absolute atomic E-state index is 12.1. The van der Waals surface area contributed by atoms with Gasteiger partial charge in [-0.1, -0.05) is 13.3 Å². The zero-order valence-corrected chi connectivity index (χ0v) is 14.1. The Balaban J connectivity index is 2.56. The number of carbonyl (C=O) groups is 2. The number of ether oxygens (including phenoxy) is 2. The number of nitrogens with zero attached hydrogens (tertiary/aromatic N) is 1. The van der Waals surface area contributed by atoms with Gasteiger partial charge in [-0.3, -0.25) is 4.90 Å². The van der Waals surface area contributed by atoms with Crippen LogP contribution in [0.15, 0.2) is 0 Å². The second-order valence-electron chi connectivity index (χ2n) is 6.85. The Labute approximate surface area is 132 Å². The fourth-order valence-electron chi connectivity index (χ4n) is 2.46. The zero-order valence-electron chi connectivity index (χ0n) is 14.1. The number of rotatable bonds is 6. The van der Waals surface area contributed by atoms with Crippen molar-refractivity contribution >= 4 is 12.1 Å². The van der Waals surface area contributed by atoms with E-state index in [2.05, 4.69) is 6.92 Å². The Morgan fingerprint density at radius 1 is 1.32 bits per heavy atom. The lowest BCUT2D eigenvalue weighted by molar-refractivity contribution is -0.145. The van der Waals surface area contributed by atoms with Crippen LogP contribution in [0.2, 0.25) is 0 Å². The molecule has 1 heterocycles. The second-order valence-corrected chi connectivity index (χ2v) is 6.85. The van der Waals surface area contributed by atoms with E-state index in [0.717, 1.165) is 19.3 Å². The van der Waals surface area contributed by atoms with E-state index in [4.69, 9.17) is 9.47 Å². The summed E-state index contributed by atoms with van der Waals surface area (Å²) < 4.78 is 10.9. The SMILES string of the molecule is CCCCOCC1CCN(C(=O)OC(C)(C)C)C(C(=O)O)C1. The number of piperidine rings is 1. The molecule has 1 rings (SSSR count). The Morgan fingerprint density at radius 2 is 2.00 bits per heavy atom. The maximum Gasteiger partial charge on any atom is 0.411 e. The molecular weight excluding hydrogens is 286 g/mol. The van der Waals surface area contributed by atoms with Crippen LogP contribution in [0.1, 0.15) is 53.4 Å². The van der Waals surface area contributed by atoms with E-state index < -0.39 is 23.7 Å². The van der Waals surface area contributed by atoms with Gasteiger partial charge in [0.15, 0.2) is 0 Å². The molecule has 0 aliphatic carbocycles. The molecule has 2 atom stereocenters. The van der Waals surface area contributed by atoms with Gasteiger partial charge in [-0.25, -0.2) is 9.59 Å². The molecule has 1 saturated heterocycles. The smallest absolute Gasteiger partial charge is 0.411 e. The minimum absolute atomic E-state index is 0.177. The molecule has 0 aromatic carbocycles. The van der Waals surface area contributed by atoms with Crippen molar-refractivity contribution in [1.29, 1.82) is 0 Å². The molecule has 1 aliphatic rings. The van der Waals surface area contributed by atoms with Crippen molar-refractivity contribution in [1.82, 2.24) is 4.90 Å². The molecule has 6 nitrogen and oxygen atoms in total. The van der Waals surface area contributed by atoms with Crippen LogP contribution >= 0.6 is 0 Å². The van der Waals surface area contributed by atoms with Crippen molar-refractivity contribution < 1.29 is 24.2 Å². The van der Waals surface area contributed by atoms with E-state index in [9.17, 15) is 14.7 Å². The van der Waals surface area contributed by atoms with Gasteiger partial charge in [0.05, 0.1) is 0 Å². The standard InChI is InChI=1S/C16H29NO5/c1-5-6-9-21-11-12-7-8-17(13(10-12)14(18)19)15(20)22-16(2,3)4/h12-13H,5-11H2,1-4H3,(H,18,19). The molecule has 0 aromatic rings. The third kappa shape index (κ3) is 6.22. The minimum Gasteiger partial charge on any atom is -0.480 e. The van der Waals surface area contributed by atoms with Gasteiger partial charge < -0.3 is 14.6 Å². The number of hydrogen-bond acceptors (Lipinski definition) is 4. The third-order valence-corrected chi connectivity index (χ3v) is 3.62. The second kappa shape index (κ2) is 8.36. The summed E-state index contributed by atoms with van der Waals surface area (Å²) in [5.74, 6) is -0.805. The van der Waals surface area contributed by atoms with E-state index in [1.54, 1.807) is 20.8 Å². The molecule has 0 saturated carbocycles. The van der Waals surface area contributed by atoms with Crippen LogP contribution in [0, 0.1) is 5.92 Å². The van der Waals surface area contributed by atoms with Crippen LogP contribution in [0.25, 0.3) is 0 Å². The summed E-state index contributed by atoms with van der Waals surface area (Å²) in [7, 11) is 0. The predicted molar refractivity (Wildman–Crippen MR) is 82.8 cm³/mol. The van der Waals surface area contributed by atoms with Gasteiger partial charge in [-0.05, 0) is 46.0 Å². The molecule has 2 unspecified atom stereocenters. The first-order valence-corrected chi connectivity index (χ1v) is 8.04. The summed E-state index contributed by atoms with van der Waals surface area (Å²) in [6.07, 6.45) is 2.70. The number of amides is 1. The van der Waals surface area contributed by atoms with E-state index in [0.29, 0.717) is 26.2 Å². The topological polar surface area (TPSA) is 76.1 Å². The number of carboxylic acids is 1. The number of likely N-dealkylation sites (tertiary alicyclic amines) is 1. The van der Waals surface area contributed by atoms with Gasteiger partial charge in [0.2, 0.25) is 0 Å². The van der Waals surface area contributed by atoms with Crippen molar-refractivity contribution in [3.8, 4) is 0 Å². The molecule has 128 valence electrons. The number of unbranched alkanes of at least 4 members (excludes halogenated alkanes) is 1. The monoisotopic (exact) mass is 315 g/mol. The molecule has 1 N–H and O–H groups in total. The van der Waals surface area contributed by atoms with Gasteiger partial charge in [-0.2, -0.15) is 0 Å². The zero-order chi connectivity index (χ0) is 16.8. The summed E-state index contributed by atoms with van der Waals surface area (Å²) >= 11 is 0. The molecule has 1 fully saturated rings. The molecular formula is C16H29NO5. The lowest BCUT2D eigenvalue weighted by Crippen LogP contribution is -2.52. The third-order valence-electron chi connectivity index (χ3n) is 3.62. The normalized spacial score (nSPS) is 22.5. The first-order chi connectivity index (χ1) is 10.2. The Bertz CT molecular complexity index is 377. The highest BCUT2D eigenvalue weighted by Gasteiger charge is 2.38. The van der Waals surface area contributed by atoms with E-state index >= 15 is 0 Å². The molecule has 0 aromatic heterocycles. The lowest BCUT2D eigenvalue weighted by Gasteiger charge is -2.37. The summed E-state index contributed by atoms with van der Waals surface area (Å²) in [5, 5.41) is 9.39. The molecule has 22 heavy (non-hydrogen) atoms. The highest BCUT2D eigenvalue weighted by molar-refractivity contribution is 5.80. The Hall–Kier alpha value is -1.30. The van der Waals surface area contributed by atoms with Crippen LogP contribution in [0.3, 0.4) is 0 Å². The lowest BCUT2D eigenvalue weighted by atomic mass is 9.91. The van der Waals surface area contributed by atoms with Crippen molar-refractivity contribution in [2.75, 3.05) is 19.8 Å². The van der Waals surface area contributed by atoms with Crippen LogP contribution in [-0.2, 0) is 14.3 Å². The molecule has 0 spiro atoms. The van der Waals surface area contributed by atoms with E-state index in [1.165, 1.54) is 4.90 Å². The van der Waals surface area contributed by atoms with Gasteiger partial charge in [-0.15, -0.1) is 0 Å². The van der Waals surface area contributed by atoms with Crippen LogP contribution < -0.4 is 0 Å². The minimum atomic E-state index is -0.982. The van der Waals surface area contributed by atoms with Crippen molar-refractivity contribution in [3.63, 3.8) is 0 Å². The predicted octanol–water partition coefficient (Wildman–Crippen LogP) is 2.90. The summed E-state index contributed by atoms with van der Waals surface area (Å²) in [4.78, 5) is 24.9. The quantitative estimate of drug-likeness (QED) is 0.763. The van der Waals surface area contributed by atoms with E-state index in [1.807, 2.05) is 0 Å². The number of carboxylic acid groups (broad SMARTS) is 1. The average Bonchev–Trinajstić information content (AvgIpc) is 2.41.